The van der Waals surface area contributed by atoms with Gasteiger partial charge in [0.25, 0.3) is 0 Å². The second-order valence-corrected chi connectivity index (χ2v) is 7.72. The molecular weight excluding hydrogens is 361 g/mol. The van der Waals surface area contributed by atoms with Gasteiger partial charge in [0.2, 0.25) is 11.8 Å². The number of carbonyl (C=O) groups is 1. The van der Waals surface area contributed by atoms with Crippen molar-refractivity contribution in [2.75, 3.05) is 11.4 Å². The Hall–Kier alpha value is -1.83. The Morgan fingerprint density at radius 3 is 2.44 bits per heavy atom. The molecule has 1 saturated carbocycles. The fourth-order valence-corrected chi connectivity index (χ4v) is 3.93. The van der Waals surface area contributed by atoms with Crippen LogP contribution in [0.3, 0.4) is 0 Å². The van der Waals surface area contributed by atoms with E-state index >= 15 is 0 Å². The molecule has 0 unspecified atom stereocenters. The number of alkyl halides is 3. The highest BCUT2D eigenvalue weighted by Gasteiger charge is 2.51. The molecule has 2 heterocycles. The van der Waals surface area contributed by atoms with Crippen molar-refractivity contribution in [2.45, 2.75) is 70.3 Å². The zero-order valence-corrected chi connectivity index (χ0v) is 15.6. The van der Waals surface area contributed by atoms with Crippen molar-refractivity contribution in [3.63, 3.8) is 0 Å². The molecule has 1 saturated heterocycles. The quantitative estimate of drug-likeness (QED) is 0.854. The lowest BCUT2D eigenvalue weighted by Gasteiger charge is -2.40. The maximum atomic E-state index is 13.0. The summed E-state index contributed by atoms with van der Waals surface area (Å²) in [7, 11) is 0. The van der Waals surface area contributed by atoms with Crippen molar-refractivity contribution in [3.8, 4) is 5.88 Å². The summed E-state index contributed by atoms with van der Waals surface area (Å²) in [5, 5.41) is 10.4. The van der Waals surface area contributed by atoms with E-state index < -0.39 is 23.3 Å². The van der Waals surface area contributed by atoms with Crippen LogP contribution in [0.2, 0.25) is 0 Å². The van der Waals surface area contributed by atoms with Gasteiger partial charge in [-0.05, 0) is 51.5 Å². The van der Waals surface area contributed by atoms with Gasteiger partial charge >= 0.3 is 6.18 Å². The molecule has 1 spiro atoms. The first-order chi connectivity index (χ1) is 12.6. The predicted octanol–water partition coefficient (Wildman–Crippen LogP) is 3.85. The lowest BCUT2D eigenvalue weighted by molar-refractivity contribution is -0.189. The maximum absolute atomic E-state index is 13.0. The Morgan fingerprint density at radius 2 is 1.93 bits per heavy atom. The number of hydrogen-bond donors (Lipinski definition) is 1. The summed E-state index contributed by atoms with van der Waals surface area (Å²) in [6.07, 6.45) is -1.09. The lowest BCUT2D eigenvalue weighted by Crippen LogP contribution is -2.43. The average Bonchev–Trinajstić information content (AvgIpc) is 2.94. The van der Waals surface area contributed by atoms with E-state index in [0.717, 1.165) is 13.3 Å². The summed E-state index contributed by atoms with van der Waals surface area (Å²) in [4.78, 5) is 18.6. The number of anilines is 1. The number of rotatable bonds is 4. The SMILES string of the molecule is CC[C@]1(O)CC[C@]2(CCN(c3ccc(O[C@H](C)C(F)(F)F)nc3)C2=O)CC1. The van der Waals surface area contributed by atoms with Gasteiger partial charge in [-0.1, -0.05) is 6.92 Å². The van der Waals surface area contributed by atoms with Crippen LogP contribution in [0.1, 0.15) is 52.4 Å². The molecule has 1 atom stereocenters. The molecule has 3 rings (SSSR count). The molecule has 1 N–H and O–H groups in total. The molecule has 2 aliphatic rings. The molecule has 2 fully saturated rings. The highest BCUT2D eigenvalue weighted by atomic mass is 19.4. The molecule has 0 bridgehead atoms. The van der Waals surface area contributed by atoms with Gasteiger partial charge < -0.3 is 14.7 Å². The van der Waals surface area contributed by atoms with E-state index in [1.807, 2.05) is 6.92 Å². The van der Waals surface area contributed by atoms with E-state index in [1.165, 1.54) is 12.3 Å². The number of halogens is 3. The molecule has 1 aliphatic carbocycles. The van der Waals surface area contributed by atoms with Crippen LogP contribution >= 0.6 is 0 Å². The predicted molar refractivity (Wildman–Crippen MR) is 93.5 cm³/mol. The Labute approximate surface area is 156 Å². The van der Waals surface area contributed by atoms with Gasteiger partial charge in [-0.2, -0.15) is 13.2 Å². The number of ether oxygens (including phenoxy) is 1. The fraction of sp³-hybridized carbons (Fsp3) is 0.684. The Kier molecular flexibility index (Phi) is 5.14. The number of nitrogens with zero attached hydrogens (tertiary/aromatic N) is 2. The molecule has 150 valence electrons. The summed E-state index contributed by atoms with van der Waals surface area (Å²) in [5.41, 5.74) is -0.559. The van der Waals surface area contributed by atoms with Crippen LogP contribution in [0, 0.1) is 5.41 Å². The number of hydrogen-bond acceptors (Lipinski definition) is 4. The summed E-state index contributed by atoms with van der Waals surface area (Å²) in [6, 6.07) is 2.92. The summed E-state index contributed by atoms with van der Waals surface area (Å²) in [5.74, 6) is -0.115. The van der Waals surface area contributed by atoms with Gasteiger partial charge in [0, 0.05) is 12.6 Å². The Balaban J connectivity index is 1.67. The zero-order valence-electron chi connectivity index (χ0n) is 15.6. The van der Waals surface area contributed by atoms with Crippen LogP contribution in [0.25, 0.3) is 0 Å². The second-order valence-electron chi connectivity index (χ2n) is 7.72. The third kappa shape index (κ3) is 3.90. The van der Waals surface area contributed by atoms with Crippen molar-refractivity contribution >= 4 is 11.6 Å². The van der Waals surface area contributed by atoms with Crippen LogP contribution in [-0.4, -0.2) is 40.4 Å². The zero-order chi connectivity index (χ0) is 19.9. The number of aromatic nitrogens is 1. The van der Waals surface area contributed by atoms with Crippen LogP contribution in [0.15, 0.2) is 18.3 Å². The molecular formula is C19H25F3N2O3. The monoisotopic (exact) mass is 386 g/mol. The molecule has 5 nitrogen and oxygen atoms in total. The van der Waals surface area contributed by atoms with Crippen molar-refractivity contribution in [1.82, 2.24) is 4.98 Å². The minimum atomic E-state index is -4.46. The smallest absolute Gasteiger partial charge is 0.425 e. The first-order valence-electron chi connectivity index (χ1n) is 9.32. The molecule has 27 heavy (non-hydrogen) atoms. The van der Waals surface area contributed by atoms with Crippen LogP contribution in [-0.2, 0) is 4.79 Å². The highest BCUT2D eigenvalue weighted by molar-refractivity contribution is 5.99. The first-order valence-corrected chi connectivity index (χ1v) is 9.32. The van der Waals surface area contributed by atoms with E-state index in [1.54, 1.807) is 11.0 Å². The molecule has 1 aliphatic heterocycles. The van der Waals surface area contributed by atoms with E-state index in [2.05, 4.69) is 4.98 Å². The molecule has 1 aromatic rings. The van der Waals surface area contributed by atoms with Gasteiger partial charge in [-0.3, -0.25) is 4.79 Å². The topological polar surface area (TPSA) is 62.7 Å². The van der Waals surface area contributed by atoms with Gasteiger partial charge in [-0.15, -0.1) is 0 Å². The largest absolute Gasteiger partial charge is 0.465 e. The van der Waals surface area contributed by atoms with E-state index in [4.69, 9.17) is 4.74 Å². The van der Waals surface area contributed by atoms with Gasteiger partial charge in [0.1, 0.15) is 0 Å². The number of pyridine rings is 1. The highest BCUT2D eigenvalue weighted by Crippen LogP contribution is 2.49. The fourth-order valence-electron chi connectivity index (χ4n) is 3.93. The maximum Gasteiger partial charge on any atom is 0.425 e. The minimum Gasteiger partial charge on any atom is -0.465 e. The van der Waals surface area contributed by atoms with Crippen molar-refractivity contribution < 1.29 is 27.8 Å². The van der Waals surface area contributed by atoms with Gasteiger partial charge in [-0.25, -0.2) is 4.98 Å². The molecule has 0 radical (unpaired) electrons. The van der Waals surface area contributed by atoms with Crippen molar-refractivity contribution in [1.29, 1.82) is 0 Å². The summed E-state index contributed by atoms with van der Waals surface area (Å²) in [6.45, 7) is 3.42. The Morgan fingerprint density at radius 1 is 1.26 bits per heavy atom. The van der Waals surface area contributed by atoms with E-state index in [-0.39, 0.29) is 11.8 Å². The van der Waals surface area contributed by atoms with Crippen LogP contribution < -0.4 is 9.64 Å². The molecule has 1 amide bonds. The number of carbonyl (C=O) groups excluding carboxylic acids is 1. The standard InChI is InChI=1S/C19H25F3N2O3/c1-3-18(26)8-6-17(7-9-18)10-11-24(16(17)25)14-4-5-15(23-12-14)27-13(2)19(20,21)22/h4-5,12-13,26H,3,6-11H2,1-2H3/t13-,17-,18+/m1/s1. The lowest BCUT2D eigenvalue weighted by atomic mass is 9.67. The number of amides is 1. The summed E-state index contributed by atoms with van der Waals surface area (Å²) >= 11 is 0. The van der Waals surface area contributed by atoms with Crippen molar-refractivity contribution in [3.05, 3.63) is 18.3 Å². The van der Waals surface area contributed by atoms with Crippen LogP contribution in [0.4, 0.5) is 18.9 Å². The summed E-state index contributed by atoms with van der Waals surface area (Å²) < 4.78 is 42.5. The average molecular weight is 386 g/mol. The van der Waals surface area contributed by atoms with Gasteiger partial charge in [0.15, 0.2) is 6.10 Å². The third-order valence-electron chi connectivity index (χ3n) is 6.10. The van der Waals surface area contributed by atoms with E-state index in [9.17, 15) is 23.1 Å². The normalized spacial score (nSPS) is 30.0. The van der Waals surface area contributed by atoms with Crippen LogP contribution in [0.5, 0.6) is 5.88 Å². The third-order valence-corrected chi connectivity index (χ3v) is 6.10. The second kappa shape index (κ2) is 6.96. The van der Waals surface area contributed by atoms with Gasteiger partial charge in [0.05, 0.1) is 22.9 Å². The van der Waals surface area contributed by atoms with E-state index in [0.29, 0.717) is 44.3 Å². The molecule has 1 aromatic heterocycles. The van der Waals surface area contributed by atoms with Crippen molar-refractivity contribution in [2.24, 2.45) is 5.41 Å². The number of aliphatic hydroxyl groups is 1. The minimum absolute atomic E-state index is 0.0137. The molecule has 8 heteroatoms. The first kappa shape index (κ1) is 19.9. The Bertz CT molecular complexity index is 682. The molecule has 0 aromatic carbocycles.